The van der Waals surface area contributed by atoms with E-state index in [-0.39, 0.29) is 5.82 Å². The van der Waals surface area contributed by atoms with E-state index in [1.165, 1.54) is 6.07 Å². The first kappa shape index (κ1) is 15.9. The van der Waals surface area contributed by atoms with Gasteiger partial charge in [0.25, 0.3) is 0 Å². The number of halogens is 2. The summed E-state index contributed by atoms with van der Waals surface area (Å²) >= 11 is 3.46. The van der Waals surface area contributed by atoms with E-state index in [0.717, 1.165) is 42.8 Å². The number of likely N-dealkylation sites (N-methyl/N-ethyl adjacent to an activating group) is 1. The second kappa shape index (κ2) is 7.50. The van der Waals surface area contributed by atoms with Crippen LogP contribution in [0.15, 0.2) is 22.7 Å². The molecule has 0 aromatic heterocycles. The van der Waals surface area contributed by atoms with Gasteiger partial charge in [-0.15, -0.1) is 0 Å². The summed E-state index contributed by atoms with van der Waals surface area (Å²) in [5, 5.41) is 3.43. The second-order valence-corrected chi connectivity index (χ2v) is 6.41. The van der Waals surface area contributed by atoms with Crippen molar-refractivity contribution in [2.75, 3.05) is 39.8 Å². The first-order chi connectivity index (χ1) is 9.56. The van der Waals surface area contributed by atoms with Crippen LogP contribution in [0, 0.1) is 5.82 Å². The predicted octanol–water partition coefficient (Wildman–Crippen LogP) is 2.31. The van der Waals surface area contributed by atoms with Gasteiger partial charge in [0.15, 0.2) is 0 Å². The van der Waals surface area contributed by atoms with E-state index in [9.17, 15) is 4.39 Å². The summed E-state index contributed by atoms with van der Waals surface area (Å²) in [4.78, 5) is 4.87. The fourth-order valence-electron chi connectivity index (χ4n) is 2.49. The molecule has 1 aliphatic heterocycles. The van der Waals surface area contributed by atoms with Gasteiger partial charge in [0.2, 0.25) is 0 Å². The van der Waals surface area contributed by atoms with Gasteiger partial charge < -0.3 is 10.2 Å². The van der Waals surface area contributed by atoms with Crippen LogP contribution in [0.3, 0.4) is 0 Å². The van der Waals surface area contributed by atoms with Gasteiger partial charge in [0.1, 0.15) is 5.82 Å². The third-order valence-electron chi connectivity index (χ3n) is 3.92. The highest BCUT2D eigenvalue weighted by Crippen LogP contribution is 2.17. The Balaban J connectivity index is 1.76. The molecule has 3 nitrogen and oxygen atoms in total. The largest absolute Gasteiger partial charge is 0.311 e. The van der Waals surface area contributed by atoms with Crippen molar-refractivity contribution in [3.8, 4) is 0 Å². The molecular weight excluding hydrogens is 321 g/mol. The molecule has 0 saturated carbocycles. The van der Waals surface area contributed by atoms with E-state index in [1.54, 1.807) is 12.1 Å². The van der Waals surface area contributed by atoms with Gasteiger partial charge in [-0.25, -0.2) is 4.39 Å². The van der Waals surface area contributed by atoms with E-state index >= 15 is 0 Å². The molecule has 0 spiro atoms. The normalized spacial score (nSPS) is 19.2. The van der Waals surface area contributed by atoms with E-state index in [0.29, 0.717) is 12.6 Å². The second-order valence-electron chi connectivity index (χ2n) is 5.55. The predicted molar refractivity (Wildman–Crippen MR) is 84.3 cm³/mol. The van der Waals surface area contributed by atoms with Crippen molar-refractivity contribution in [3.63, 3.8) is 0 Å². The summed E-state index contributed by atoms with van der Waals surface area (Å²) in [6.07, 6.45) is 0. The zero-order chi connectivity index (χ0) is 14.5. The number of nitrogens with zero attached hydrogens (tertiary/aromatic N) is 2. The number of piperazine rings is 1. The molecule has 0 aliphatic carbocycles. The maximum Gasteiger partial charge on any atom is 0.123 e. The van der Waals surface area contributed by atoms with Gasteiger partial charge in [-0.05, 0) is 37.7 Å². The summed E-state index contributed by atoms with van der Waals surface area (Å²) in [6, 6.07) is 5.32. The van der Waals surface area contributed by atoms with Crippen LogP contribution in [-0.4, -0.2) is 55.6 Å². The molecule has 1 heterocycles. The maximum atomic E-state index is 13.2. The third-order valence-corrected chi connectivity index (χ3v) is 4.70. The molecule has 1 N–H and O–H groups in total. The Morgan fingerprint density at radius 1 is 1.30 bits per heavy atom. The van der Waals surface area contributed by atoms with Gasteiger partial charge in [0, 0.05) is 49.8 Å². The average molecular weight is 344 g/mol. The molecule has 1 fully saturated rings. The fourth-order valence-corrected chi connectivity index (χ4v) is 2.87. The third kappa shape index (κ3) is 4.52. The van der Waals surface area contributed by atoms with Gasteiger partial charge in [0.05, 0.1) is 0 Å². The zero-order valence-corrected chi connectivity index (χ0v) is 13.8. The molecule has 2 rings (SSSR count). The molecular formula is C15H23BrFN3. The van der Waals surface area contributed by atoms with Crippen LogP contribution in [0.2, 0.25) is 0 Å². The maximum absolute atomic E-state index is 13.2. The number of nitrogens with one attached hydrogen (secondary N) is 1. The lowest BCUT2D eigenvalue weighted by Crippen LogP contribution is -2.50. The van der Waals surface area contributed by atoms with E-state index < -0.39 is 0 Å². The van der Waals surface area contributed by atoms with Crippen LogP contribution in [0.4, 0.5) is 4.39 Å². The van der Waals surface area contributed by atoms with Gasteiger partial charge >= 0.3 is 0 Å². The van der Waals surface area contributed by atoms with Crippen LogP contribution < -0.4 is 5.32 Å². The van der Waals surface area contributed by atoms with E-state index in [2.05, 4.69) is 45.0 Å². The summed E-state index contributed by atoms with van der Waals surface area (Å²) in [6.45, 7) is 8.40. The smallest absolute Gasteiger partial charge is 0.123 e. The Morgan fingerprint density at radius 3 is 2.70 bits per heavy atom. The van der Waals surface area contributed by atoms with Gasteiger partial charge in [-0.3, -0.25) is 4.90 Å². The van der Waals surface area contributed by atoms with Crippen molar-refractivity contribution in [3.05, 3.63) is 34.1 Å². The van der Waals surface area contributed by atoms with Crippen molar-refractivity contribution in [1.82, 2.24) is 15.1 Å². The highest BCUT2D eigenvalue weighted by atomic mass is 79.9. The SMILES string of the molecule is C[C@H](CNCc1cc(F)ccc1Br)N1CCN(C)CC1. The molecule has 0 radical (unpaired) electrons. The zero-order valence-electron chi connectivity index (χ0n) is 12.2. The molecule has 5 heteroatoms. The number of hydrogen-bond donors (Lipinski definition) is 1. The summed E-state index contributed by atoms with van der Waals surface area (Å²) in [7, 11) is 2.17. The highest BCUT2D eigenvalue weighted by molar-refractivity contribution is 9.10. The monoisotopic (exact) mass is 343 g/mol. The minimum atomic E-state index is -0.183. The van der Waals surface area contributed by atoms with Crippen LogP contribution in [0.5, 0.6) is 0 Å². The Morgan fingerprint density at radius 2 is 2.00 bits per heavy atom. The van der Waals surface area contributed by atoms with Crippen LogP contribution >= 0.6 is 15.9 Å². The Hall–Kier alpha value is -0.490. The van der Waals surface area contributed by atoms with Gasteiger partial charge in [-0.2, -0.15) is 0 Å². The first-order valence-corrected chi connectivity index (χ1v) is 7.93. The fraction of sp³-hybridized carbons (Fsp3) is 0.600. The summed E-state index contributed by atoms with van der Waals surface area (Å²) < 4.78 is 14.2. The first-order valence-electron chi connectivity index (χ1n) is 7.13. The number of benzene rings is 1. The van der Waals surface area contributed by atoms with Crippen LogP contribution in [0.25, 0.3) is 0 Å². The molecule has 1 saturated heterocycles. The lowest BCUT2D eigenvalue weighted by Gasteiger charge is -2.36. The van der Waals surface area contributed by atoms with Crippen LogP contribution in [0.1, 0.15) is 12.5 Å². The lowest BCUT2D eigenvalue weighted by atomic mass is 10.2. The Kier molecular flexibility index (Phi) is 5.96. The molecule has 1 aliphatic rings. The molecule has 1 aromatic carbocycles. The van der Waals surface area contributed by atoms with Crippen molar-refractivity contribution in [2.45, 2.75) is 19.5 Å². The minimum Gasteiger partial charge on any atom is -0.311 e. The van der Waals surface area contributed by atoms with E-state index in [1.807, 2.05) is 0 Å². The summed E-state index contributed by atoms with van der Waals surface area (Å²) in [5.41, 5.74) is 0.968. The molecule has 1 aromatic rings. The highest BCUT2D eigenvalue weighted by Gasteiger charge is 2.18. The van der Waals surface area contributed by atoms with Gasteiger partial charge in [-0.1, -0.05) is 15.9 Å². The Labute approximate surface area is 129 Å². The van der Waals surface area contributed by atoms with Crippen molar-refractivity contribution in [2.24, 2.45) is 0 Å². The van der Waals surface area contributed by atoms with Crippen molar-refractivity contribution in [1.29, 1.82) is 0 Å². The standard InChI is InChI=1S/C15H23BrFN3/c1-12(20-7-5-19(2)6-8-20)10-18-11-13-9-14(17)3-4-15(13)16/h3-4,9,12,18H,5-8,10-11H2,1-2H3/t12-/m1/s1. The van der Waals surface area contributed by atoms with Crippen molar-refractivity contribution < 1.29 is 4.39 Å². The Bertz CT molecular complexity index is 433. The summed E-state index contributed by atoms with van der Waals surface area (Å²) in [5.74, 6) is -0.183. The average Bonchev–Trinajstić information content (AvgIpc) is 2.43. The van der Waals surface area contributed by atoms with E-state index in [4.69, 9.17) is 0 Å². The molecule has 0 bridgehead atoms. The van der Waals surface area contributed by atoms with Crippen molar-refractivity contribution >= 4 is 15.9 Å². The number of hydrogen-bond acceptors (Lipinski definition) is 3. The molecule has 112 valence electrons. The topological polar surface area (TPSA) is 18.5 Å². The van der Waals surface area contributed by atoms with Crippen LogP contribution in [-0.2, 0) is 6.54 Å². The molecule has 0 amide bonds. The number of rotatable bonds is 5. The molecule has 0 unspecified atom stereocenters. The quantitative estimate of drug-likeness (QED) is 0.885. The molecule has 20 heavy (non-hydrogen) atoms. The molecule has 1 atom stereocenters. The lowest BCUT2D eigenvalue weighted by molar-refractivity contribution is 0.118. The minimum absolute atomic E-state index is 0.183.